The zero-order valence-corrected chi connectivity index (χ0v) is 12.7. The summed E-state index contributed by atoms with van der Waals surface area (Å²) in [6, 6.07) is 6.76. The second-order valence-electron chi connectivity index (χ2n) is 5.21. The number of benzene rings is 1. The molecule has 1 heterocycles. The third-order valence-corrected chi connectivity index (χ3v) is 4.81. The van der Waals surface area contributed by atoms with E-state index in [4.69, 9.17) is 5.26 Å². The highest BCUT2D eigenvalue weighted by Crippen LogP contribution is 2.23. The van der Waals surface area contributed by atoms with Gasteiger partial charge >= 0.3 is 16.2 Å². The number of halogens is 1. The normalized spacial score (nSPS) is 19.4. The van der Waals surface area contributed by atoms with Gasteiger partial charge in [0.25, 0.3) is 0 Å². The lowest BCUT2D eigenvalue weighted by Crippen LogP contribution is -2.44. The maximum absolute atomic E-state index is 13.0. The summed E-state index contributed by atoms with van der Waals surface area (Å²) in [6.07, 6.45) is -0.623. The summed E-state index contributed by atoms with van der Waals surface area (Å²) in [5.74, 6) is -2.02. The fraction of sp³-hybridized carbons (Fsp3) is 0.357. The second kappa shape index (κ2) is 6.34. The molecule has 0 aliphatic carbocycles. The number of amides is 1. The summed E-state index contributed by atoms with van der Waals surface area (Å²) in [5, 5.41) is 16.5. The van der Waals surface area contributed by atoms with E-state index in [0.717, 1.165) is 4.90 Å². The number of rotatable bonds is 5. The number of hydrogen-bond donors (Lipinski definition) is 1. The van der Waals surface area contributed by atoms with E-state index in [1.807, 2.05) is 6.07 Å². The summed E-state index contributed by atoms with van der Waals surface area (Å²) >= 11 is 0. The number of hydrogen-bond acceptors (Lipinski definition) is 5. The summed E-state index contributed by atoms with van der Waals surface area (Å²) in [5.41, 5.74) is 0.970. The van der Waals surface area contributed by atoms with Crippen molar-refractivity contribution in [2.75, 3.05) is 6.54 Å². The van der Waals surface area contributed by atoms with Gasteiger partial charge in [0.05, 0.1) is 11.6 Å². The van der Waals surface area contributed by atoms with Crippen LogP contribution in [0.5, 0.6) is 0 Å². The Hall–Kier alpha value is -2.47. The molecule has 0 radical (unpaired) electrons. The number of nitrogens with zero attached hydrogens (tertiary/aromatic N) is 2. The molecule has 2 rings (SSSR count). The van der Waals surface area contributed by atoms with Gasteiger partial charge in [-0.25, -0.2) is 4.79 Å². The van der Waals surface area contributed by atoms with Gasteiger partial charge in [0.2, 0.25) is 5.91 Å². The van der Waals surface area contributed by atoms with Crippen molar-refractivity contribution in [3.8, 4) is 6.07 Å². The maximum atomic E-state index is 13.0. The first-order valence-corrected chi connectivity index (χ1v) is 8.12. The van der Waals surface area contributed by atoms with Crippen LogP contribution in [-0.4, -0.2) is 48.1 Å². The highest BCUT2D eigenvalue weighted by atomic mass is 32.3. The van der Waals surface area contributed by atoms with Crippen molar-refractivity contribution >= 4 is 22.1 Å². The average Bonchev–Trinajstić information content (AvgIpc) is 2.87. The van der Waals surface area contributed by atoms with E-state index in [-0.39, 0.29) is 6.42 Å². The highest BCUT2D eigenvalue weighted by Gasteiger charge is 2.43. The van der Waals surface area contributed by atoms with Crippen molar-refractivity contribution in [2.45, 2.75) is 24.1 Å². The van der Waals surface area contributed by atoms with Gasteiger partial charge in [-0.2, -0.15) is 13.7 Å². The van der Waals surface area contributed by atoms with Crippen LogP contribution in [-0.2, 0) is 26.2 Å². The molecule has 1 unspecified atom stereocenters. The van der Waals surface area contributed by atoms with E-state index in [9.17, 15) is 27.0 Å². The first-order valence-electron chi connectivity index (χ1n) is 6.67. The van der Waals surface area contributed by atoms with Crippen molar-refractivity contribution in [3.63, 3.8) is 0 Å². The van der Waals surface area contributed by atoms with Crippen LogP contribution in [0.3, 0.4) is 0 Å². The molecule has 9 heteroatoms. The first-order chi connectivity index (χ1) is 10.7. The van der Waals surface area contributed by atoms with Crippen LogP contribution in [0.2, 0.25) is 0 Å². The van der Waals surface area contributed by atoms with Crippen LogP contribution < -0.4 is 0 Å². The smallest absolute Gasteiger partial charge is 0.326 e. The van der Waals surface area contributed by atoms with Crippen molar-refractivity contribution < 1.29 is 27.0 Å². The number of carbonyl (C=O) groups excluding carboxylic acids is 1. The van der Waals surface area contributed by atoms with Gasteiger partial charge < -0.3 is 10.0 Å². The second-order valence-corrected chi connectivity index (χ2v) is 6.83. The minimum absolute atomic E-state index is 0.0637. The summed E-state index contributed by atoms with van der Waals surface area (Å²) in [6.45, 7) is -0.481. The van der Waals surface area contributed by atoms with Gasteiger partial charge in [0.15, 0.2) is 0 Å². The monoisotopic (exact) mass is 340 g/mol. The average molecular weight is 340 g/mol. The molecule has 1 aliphatic heterocycles. The predicted molar refractivity (Wildman–Crippen MR) is 76.4 cm³/mol. The molecule has 1 fully saturated rings. The SMILES string of the molecule is N#Cc1ccc(C[C@@H](C(=O)O)N2CC(S(=O)(=O)F)CC2=O)cc1. The Morgan fingerprint density at radius 3 is 2.48 bits per heavy atom. The van der Waals surface area contributed by atoms with Crippen molar-refractivity contribution in [3.05, 3.63) is 35.4 Å². The number of carbonyl (C=O) groups is 2. The minimum Gasteiger partial charge on any atom is -0.480 e. The largest absolute Gasteiger partial charge is 0.480 e. The van der Waals surface area contributed by atoms with Crippen LogP contribution in [0.4, 0.5) is 3.89 Å². The van der Waals surface area contributed by atoms with E-state index in [1.54, 1.807) is 12.1 Å². The molecule has 23 heavy (non-hydrogen) atoms. The van der Waals surface area contributed by atoms with Gasteiger partial charge in [-0.3, -0.25) is 4.79 Å². The number of carboxylic acid groups (broad SMARTS) is 1. The molecule has 1 aromatic carbocycles. The summed E-state index contributed by atoms with van der Waals surface area (Å²) in [4.78, 5) is 24.2. The molecule has 122 valence electrons. The molecule has 0 saturated carbocycles. The van der Waals surface area contributed by atoms with Gasteiger partial charge in [-0.05, 0) is 17.7 Å². The molecule has 2 atom stereocenters. The van der Waals surface area contributed by atoms with Crippen LogP contribution >= 0.6 is 0 Å². The molecular formula is C14H13FN2O5S. The zero-order chi connectivity index (χ0) is 17.2. The highest BCUT2D eigenvalue weighted by molar-refractivity contribution is 7.87. The van der Waals surface area contributed by atoms with E-state index in [0.29, 0.717) is 11.1 Å². The van der Waals surface area contributed by atoms with E-state index >= 15 is 0 Å². The van der Waals surface area contributed by atoms with E-state index < -0.39 is 46.4 Å². The fourth-order valence-corrected chi connectivity index (χ4v) is 3.14. The van der Waals surface area contributed by atoms with Gasteiger partial charge in [-0.1, -0.05) is 12.1 Å². The lowest BCUT2D eigenvalue weighted by atomic mass is 10.0. The van der Waals surface area contributed by atoms with Crippen LogP contribution in [0.25, 0.3) is 0 Å². The Bertz CT molecular complexity index is 769. The third-order valence-electron chi connectivity index (χ3n) is 3.69. The Balaban J connectivity index is 2.20. The third kappa shape index (κ3) is 3.84. The molecule has 0 aromatic heterocycles. The topological polar surface area (TPSA) is 116 Å². The fourth-order valence-electron chi connectivity index (χ4n) is 2.46. The molecule has 0 bridgehead atoms. The first kappa shape index (κ1) is 16.9. The number of aliphatic carboxylic acids is 1. The Morgan fingerprint density at radius 2 is 2.04 bits per heavy atom. The summed E-state index contributed by atoms with van der Waals surface area (Å²) in [7, 11) is -4.90. The molecule has 1 amide bonds. The van der Waals surface area contributed by atoms with E-state index in [2.05, 4.69) is 0 Å². The minimum atomic E-state index is -4.90. The standard InChI is InChI=1S/C14H13FN2O5S/c15-23(21,22)11-6-13(18)17(8-11)12(14(19)20)5-9-1-3-10(7-16)4-2-9/h1-4,11-12H,5-6,8H2,(H,19,20)/t11?,12-/m0/s1. The Labute approximate surface area is 132 Å². The van der Waals surface area contributed by atoms with Crippen LogP contribution in [0.15, 0.2) is 24.3 Å². The quantitative estimate of drug-likeness (QED) is 0.778. The lowest BCUT2D eigenvalue weighted by Gasteiger charge is -2.24. The van der Waals surface area contributed by atoms with Crippen molar-refractivity contribution in [2.24, 2.45) is 0 Å². The molecule has 1 aromatic rings. The lowest BCUT2D eigenvalue weighted by molar-refractivity contribution is -0.148. The Morgan fingerprint density at radius 1 is 1.43 bits per heavy atom. The molecule has 1 N–H and O–H groups in total. The predicted octanol–water partition coefficient (Wildman–Crippen LogP) is 0.454. The van der Waals surface area contributed by atoms with Gasteiger partial charge in [0, 0.05) is 19.4 Å². The molecular weight excluding hydrogens is 327 g/mol. The number of carboxylic acids is 1. The molecule has 1 aliphatic rings. The molecule has 0 spiro atoms. The maximum Gasteiger partial charge on any atom is 0.326 e. The van der Waals surface area contributed by atoms with E-state index in [1.165, 1.54) is 12.1 Å². The number of nitriles is 1. The Kier molecular flexibility index (Phi) is 4.65. The van der Waals surface area contributed by atoms with Crippen LogP contribution in [0, 0.1) is 11.3 Å². The molecule has 7 nitrogen and oxygen atoms in total. The molecule has 1 saturated heterocycles. The van der Waals surface area contributed by atoms with Crippen molar-refractivity contribution in [1.29, 1.82) is 5.26 Å². The van der Waals surface area contributed by atoms with Crippen LogP contribution in [0.1, 0.15) is 17.5 Å². The zero-order valence-electron chi connectivity index (χ0n) is 11.8. The summed E-state index contributed by atoms with van der Waals surface area (Å²) < 4.78 is 34.9. The van der Waals surface area contributed by atoms with Gasteiger partial charge in [-0.15, -0.1) is 3.89 Å². The van der Waals surface area contributed by atoms with Gasteiger partial charge in [0.1, 0.15) is 11.3 Å². The van der Waals surface area contributed by atoms with Crippen molar-refractivity contribution in [1.82, 2.24) is 4.90 Å². The number of likely N-dealkylation sites (tertiary alicyclic amines) is 1.